The lowest BCUT2D eigenvalue weighted by Gasteiger charge is -2.21. The van der Waals surface area contributed by atoms with Gasteiger partial charge in [-0.3, -0.25) is 24.4 Å². The van der Waals surface area contributed by atoms with Gasteiger partial charge in [0.15, 0.2) is 0 Å². The Kier molecular flexibility index (Phi) is 5.71. The molecule has 0 N–H and O–H groups in total. The van der Waals surface area contributed by atoms with Crippen LogP contribution in [0.5, 0.6) is 0 Å². The zero-order chi connectivity index (χ0) is 19.4. The highest BCUT2D eigenvalue weighted by Crippen LogP contribution is 2.23. The molecule has 9 heteroatoms. The first kappa shape index (κ1) is 19.1. The van der Waals surface area contributed by atoms with Gasteiger partial charge < -0.3 is 9.64 Å². The molecule has 0 radical (unpaired) electrons. The molecule has 1 unspecified atom stereocenters. The van der Waals surface area contributed by atoms with Gasteiger partial charge in [-0.1, -0.05) is 30.3 Å². The van der Waals surface area contributed by atoms with E-state index in [0.717, 1.165) is 0 Å². The second-order valence-electron chi connectivity index (χ2n) is 5.95. The van der Waals surface area contributed by atoms with Crippen molar-refractivity contribution >= 4 is 17.6 Å². The molecule has 1 heterocycles. The molecule has 0 spiro atoms. The van der Waals surface area contributed by atoms with Crippen LogP contribution in [0.3, 0.4) is 0 Å². The zero-order valence-corrected chi connectivity index (χ0v) is 15.0. The summed E-state index contributed by atoms with van der Waals surface area (Å²) >= 11 is 0. The second kappa shape index (κ2) is 7.77. The number of amides is 1. The van der Waals surface area contributed by atoms with Gasteiger partial charge in [-0.05, 0) is 13.8 Å². The van der Waals surface area contributed by atoms with Gasteiger partial charge in [-0.25, -0.2) is 0 Å². The van der Waals surface area contributed by atoms with Crippen molar-refractivity contribution in [3.8, 4) is 0 Å². The third-order valence-electron chi connectivity index (χ3n) is 3.82. The summed E-state index contributed by atoms with van der Waals surface area (Å²) in [4.78, 5) is 36.6. The van der Waals surface area contributed by atoms with Crippen LogP contribution in [0.25, 0.3) is 0 Å². The van der Waals surface area contributed by atoms with Crippen LogP contribution in [-0.4, -0.2) is 45.6 Å². The average molecular weight is 360 g/mol. The fourth-order valence-electron chi connectivity index (χ4n) is 2.52. The van der Waals surface area contributed by atoms with Gasteiger partial charge in [0.05, 0.1) is 4.92 Å². The van der Waals surface area contributed by atoms with Crippen LogP contribution in [0.2, 0.25) is 0 Å². The predicted octanol–water partition coefficient (Wildman–Crippen LogP) is 1.78. The van der Waals surface area contributed by atoms with Crippen LogP contribution < -0.4 is 0 Å². The topological polar surface area (TPSA) is 108 Å². The molecule has 2 aromatic rings. The van der Waals surface area contributed by atoms with Crippen molar-refractivity contribution in [3.05, 3.63) is 57.4 Å². The minimum atomic E-state index is -1.09. The molecular formula is C17H20N4O5. The molecule has 0 bridgehead atoms. The summed E-state index contributed by atoms with van der Waals surface area (Å²) in [6.07, 6.45) is -1.09. The number of carbonyl (C=O) groups excluding carboxylic acids is 2. The van der Waals surface area contributed by atoms with E-state index in [2.05, 4.69) is 5.10 Å². The van der Waals surface area contributed by atoms with Crippen LogP contribution in [0.4, 0.5) is 5.69 Å². The van der Waals surface area contributed by atoms with Gasteiger partial charge in [-0.2, -0.15) is 5.10 Å². The number of aryl methyl sites for hydroxylation is 1. The van der Waals surface area contributed by atoms with Gasteiger partial charge >= 0.3 is 11.7 Å². The van der Waals surface area contributed by atoms with Gasteiger partial charge in [0.1, 0.15) is 17.9 Å². The number of hydrogen-bond acceptors (Lipinski definition) is 6. The highest BCUT2D eigenvalue weighted by atomic mass is 16.6. The third-order valence-corrected chi connectivity index (χ3v) is 3.82. The number of carbonyl (C=O) groups is 2. The Labute approximate surface area is 150 Å². The first-order chi connectivity index (χ1) is 12.2. The molecule has 0 saturated carbocycles. The van der Waals surface area contributed by atoms with E-state index >= 15 is 0 Å². The minimum Gasteiger partial charge on any atom is -0.446 e. The quantitative estimate of drug-likeness (QED) is 0.441. The number of ether oxygens (including phenoxy) is 1. The zero-order valence-electron chi connectivity index (χ0n) is 15.0. The Bertz CT molecular complexity index is 829. The minimum absolute atomic E-state index is 0.137. The number of nitrogens with zero attached hydrogens (tertiary/aromatic N) is 4. The van der Waals surface area contributed by atoms with Crippen molar-refractivity contribution in [2.45, 2.75) is 26.5 Å². The van der Waals surface area contributed by atoms with Crippen molar-refractivity contribution in [3.63, 3.8) is 0 Å². The predicted molar refractivity (Wildman–Crippen MR) is 92.3 cm³/mol. The summed E-state index contributed by atoms with van der Waals surface area (Å²) in [6, 6.07) is 8.64. The van der Waals surface area contributed by atoms with Crippen LogP contribution in [0, 0.1) is 24.0 Å². The van der Waals surface area contributed by atoms with Gasteiger partial charge in [-0.15, -0.1) is 0 Å². The fraction of sp³-hybridized carbons (Fsp3) is 0.353. The molecule has 1 aromatic heterocycles. The van der Waals surface area contributed by atoms with Crippen LogP contribution in [0.15, 0.2) is 30.3 Å². The Hall–Kier alpha value is -3.23. The van der Waals surface area contributed by atoms with Gasteiger partial charge in [0.2, 0.25) is 6.10 Å². The molecule has 0 fully saturated rings. The maximum absolute atomic E-state index is 12.4. The molecular weight excluding hydrogens is 340 g/mol. The number of hydrogen-bond donors (Lipinski definition) is 0. The van der Waals surface area contributed by atoms with Gasteiger partial charge in [0.25, 0.3) is 5.91 Å². The molecule has 1 aromatic carbocycles. The molecule has 9 nitrogen and oxygen atoms in total. The molecule has 26 heavy (non-hydrogen) atoms. The monoisotopic (exact) mass is 360 g/mol. The maximum atomic E-state index is 12.4. The van der Waals surface area contributed by atoms with E-state index in [1.807, 2.05) is 0 Å². The van der Waals surface area contributed by atoms with E-state index in [9.17, 15) is 19.7 Å². The van der Waals surface area contributed by atoms with E-state index in [-0.39, 0.29) is 29.5 Å². The second-order valence-corrected chi connectivity index (χ2v) is 5.95. The Morgan fingerprint density at radius 1 is 1.27 bits per heavy atom. The van der Waals surface area contributed by atoms with Crippen LogP contribution in [0.1, 0.15) is 23.1 Å². The number of esters is 1. The van der Waals surface area contributed by atoms with Crippen molar-refractivity contribution in [2.75, 3.05) is 14.1 Å². The first-order valence-corrected chi connectivity index (χ1v) is 7.86. The van der Waals surface area contributed by atoms with Crippen molar-refractivity contribution in [1.82, 2.24) is 14.7 Å². The molecule has 0 aliphatic carbocycles. The Morgan fingerprint density at radius 2 is 1.88 bits per heavy atom. The molecule has 1 amide bonds. The van der Waals surface area contributed by atoms with Crippen molar-refractivity contribution in [1.29, 1.82) is 0 Å². The van der Waals surface area contributed by atoms with E-state index in [0.29, 0.717) is 5.56 Å². The van der Waals surface area contributed by atoms with E-state index < -0.39 is 17.0 Å². The third kappa shape index (κ3) is 4.05. The van der Waals surface area contributed by atoms with Crippen LogP contribution >= 0.6 is 0 Å². The Morgan fingerprint density at radius 3 is 2.38 bits per heavy atom. The normalized spacial score (nSPS) is 11.7. The number of aromatic nitrogens is 2. The van der Waals surface area contributed by atoms with Crippen molar-refractivity contribution < 1.29 is 19.2 Å². The SMILES string of the molecule is Cc1nn(CC(=O)OC(C(=O)N(C)C)c2ccccc2)c(C)c1[N+](=O)[O-]. The molecule has 0 saturated heterocycles. The standard InChI is InChI=1S/C17H20N4O5/c1-11-15(21(24)25)12(2)20(18-11)10-14(22)26-16(17(23)19(3)4)13-8-6-5-7-9-13/h5-9,16H,10H2,1-4H3. The molecule has 1 atom stereocenters. The molecule has 2 rings (SSSR count). The lowest BCUT2D eigenvalue weighted by Crippen LogP contribution is -2.32. The number of rotatable bonds is 6. The van der Waals surface area contributed by atoms with E-state index in [1.54, 1.807) is 44.4 Å². The molecule has 0 aliphatic heterocycles. The Balaban J connectivity index is 2.22. The maximum Gasteiger partial charge on any atom is 0.328 e. The lowest BCUT2D eigenvalue weighted by atomic mass is 10.1. The highest BCUT2D eigenvalue weighted by Gasteiger charge is 2.28. The largest absolute Gasteiger partial charge is 0.446 e. The number of likely N-dealkylation sites (N-methyl/N-ethyl adjacent to an activating group) is 1. The molecule has 138 valence electrons. The summed E-state index contributed by atoms with van der Waals surface area (Å²) in [5, 5.41) is 15.1. The number of nitro groups is 1. The summed E-state index contributed by atoms with van der Waals surface area (Å²) in [7, 11) is 3.13. The smallest absolute Gasteiger partial charge is 0.328 e. The first-order valence-electron chi connectivity index (χ1n) is 7.86. The lowest BCUT2D eigenvalue weighted by molar-refractivity contribution is -0.386. The highest BCUT2D eigenvalue weighted by molar-refractivity contribution is 5.84. The fourth-order valence-corrected chi connectivity index (χ4v) is 2.52. The summed E-state index contributed by atoms with van der Waals surface area (Å²) in [5.41, 5.74) is 0.865. The average Bonchev–Trinajstić information content (AvgIpc) is 2.86. The van der Waals surface area contributed by atoms with E-state index in [1.165, 1.54) is 23.4 Å². The van der Waals surface area contributed by atoms with Crippen molar-refractivity contribution in [2.24, 2.45) is 0 Å². The summed E-state index contributed by atoms with van der Waals surface area (Å²) in [5.74, 6) is -1.10. The van der Waals surface area contributed by atoms with Crippen LogP contribution in [-0.2, 0) is 20.9 Å². The van der Waals surface area contributed by atoms with Gasteiger partial charge in [0, 0.05) is 19.7 Å². The van der Waals surface area contributed by atoms with E-state index in [4.69, 9.17) is 4.74 Å². The summed E-state index contributed by atoms with van der Waals surface area (Å²) < 4.78 is 6.57. The molecule has 0 aliphatic rings. The number of benzene rings is 1. The summed E-state index contributed by atoms with van der Waals surface area (Å²) in [6.45, 7) is 2.67.